The van der Waals surface area contributed by atoms with E-state index in [1.165, 1.54) is 12.8 Å². The van der Waals surface area contributed by atoms with Gasteiger partial charge in [0.1, 0.15) is 5.76 Å². The van der Waals surface area contributed by atoms with E-state index < -0.39 is 0 Å². The number of aryl methyl sites for hydroxylation is 1. The molecule has 1 aromatic heterocycles. The largest absolute Gasteiger partial charge is 0.456 e. The topological polar surface area (TPSA) is 68.3 Å². The molecule has 1 aliphatic rings. The fourth-order valence-electron chi connectivity index (χ4n) is 2.62. The van der Waals surface area contributed by atoms with Crippen LogP contribution in [0.4, 0.5) is 0 Å². The lowest BCUT2D eigenvalue weighted by molar-refractivity contribution is 0.0902. The molecule has 18 heavy (non-hydrogen) atoms. The number of amides is 1. The van der Waals surface area contributed by atoms with Gasteiger partial charge in [-0.3, -0.25) is 4.79 Å². The van der Waals surface area contributed by atoms with Crippen LogP contribution in [-0.4, -0.2) is 19.0 Å². The molecule has 0 atom stereocenters. The van der Waals surface area contributed by atoms with Crippen molar-refractivity contribution in [1.82, 2.24) is 5.32 Å². The van der Waals surface area contributed by atoms with E-state index in [9.17, 15) is 4.79 Å². The van der Waals surface area contributed by atoms with Crippen molar-refractivity contribution in [1.29, 1.82) is 0 Å². The third-order valence-electron chi connectivity index (χ3n) is 3.96. The van der Waals surface area contributed by atoms with E-state index in [2.05, 4.69) is 5.32 Å². The quantitative estimate of drug-likeness (QED) is 0.840. The van der Waals surface area contributed by atoms with E-state index in [0.717, 1.165) is 25.0 Å². The summed E-state index contributed by atoms with van der Waals surface area (Å²) in [6.07, 6.45) is 5.46. The number of rotatable bonds is 5. The van der Waals surface area contributed by atoms with Crippen LogP contribution < -0.4 is 11.1 Å². The van der Waals surface area contributed by atoms with Crippen LogP contribution in [0.2, 0.25) is 0 Å². The summed E-state index contributed by atoms with van der Waals surface area (Å²) in [7, 11) is 0. The molecule has 1 aliphatic carbocycles. The smallest absolute Gasteiger partial charge is 0.287 e. The molecule has 4 nitrogen and oxygen atoms in total. The Hall–Kier alpha value is -1.29. The van der Waals surface area contributed by atoms with Gasteiger partial charge in [-0.2, -0.15) is 0 Å². The van der Waals surface area contributed by atoms with Gasteiger partial charge in [0.15, 0.2) is 5.76 Å². The molecule has 2 rings (SSSR count). The highest BCUT2D eigenvalue weighted by Crippen LogP contribution is 2.36. The zero-order chi connectivity index (χ0) is 13.0. The SMILES string of the molecule is CCc1ccc(C(=O)NCC2(CN)CCCC2)o1. The highest BCUT2D eigenvalue weighted by atomic mass is 16.3. The number of carbonyl (C=O) groups excluding carboxylic acids is 1. The summed E-state index contributed by atoms with van der Waals surface area (Å²) < 4.78 is 5.43. The van der Waals surface area contributed by atoms with E-state index in [-0.39, 0.29) is 11.3 Å². The molecule has 1 heterocycles. The first-order chi connectivity index (χ1) is 8.69. The Bertz CT molecular complexity index is 406. The van der Waals surface area contributed by atoms with Crippen LogP contribution in [-0.2, 0) is 6.42 Å². The van der Waals surface area contributed by atoms with Gasteiger partial charge in [-0.1, -0.05) is 19.8 Å². The Balaban J connectivity index is 1.91. The molecule has 1 amide bonds. The molecule has 0 unspecified atom stereocenters. The first-order valence-corrected chi connectivity index (χ1v) is 6.76. The number of nitrogens with two attached hydrogens (primary N) is 1. The van der Waals surface area contributed by atoms with Gasteiger partial charge in [0.05, 0.1) is 0 Å². The number of furan rings is 1. The highest BCUT2D eigenvalue weighted by molar-refractivity contribution is 5.91. The van der Waals surface area contributed by atoms with E-state index in [1.54, 1.807) is 6.07 Å². The van der Waals surface area contributed by atoms with E-state index in [0.29, 0.717) is 18.8 Å². The summed E-state index contributed by atoms with van der Waals surface area (Å²) in [6.45, 7) is 3.30. The van der Waals surface area contributed by atoms with Crippen LogP contribution in [0.15, 0.2) is 16.5 Å². The van der Waals surface area contributed by atoms with Crippen LogP contribution >= 0.6 is 0 Å². The molecule has 1 fully saturated rings. The van der Waals surface area contributed by atoms with Crippen LogP contribution in [0.3, 0.4) is 0 Å². The third kappa shape index (κ3) is 2.75. The lowest BCUT2D eigenvalue weighted by Gasteiger charge is -2.27. The van der Waals surface area contributed by atoms with Gasteiger partial charge >= 0.3 is 0 Å². The van der Waals surface area contributed by atoms with Crippen molar-refractivity contribution < 1.29 is 9.21 Å². The minimum absolute atomic E-state index is 0.107. The first kappa shape index (κ1) is 13.1. The van der Waals surface area contributed by atoms with Crippen LogP contribution in [0, 0.1) is 5.41 Å². The molecule has 100 valence electrons. The third-order valence-corrected chi connectivity index (χ3v) is 3.96. The molecule has 3 N–H and O–H groups in total. The minimum atomic E-state index is -0.130. The normalized spacial score (nSPS) is 17.9. The van der Waals surface area contributed by atoms with Crippen LogP contribution in [0.25, 0.3) is 0 Å². The van der Waals surface area contributed by atoms with Crippen molar-refractivity contribution >= 4 is 5.91 Å². The molecule has 0 bridgehead atoms. The molecule has 0 aromatic carbocycles. The zero-order valence-corrected chi connectivity index (χ0v) is 11.0. The van der Waals surface area contributed by atoms with Crippen molar-refractivity contribution in [2.75, 3.05) is 13.1 Å². The molecule has 0 aliphatic heterocycles. The maximum atomic E-state index is 11.9. The Labute approximate surface area is 108 Å². The standard InChI is InChI=1S/C14H22N2O2/c1-2-11-5-6-12(18-11)13(17)16-10-14(9-15)7-3-4-8-14/h5-6H,2-4,7-10,15H2,1H3,(H,16,17). The van der Waals surface area contributed by atoms with Crippen molar-refractivity contribution in [3.05, 3.63) is 23.7 Å². The summed E-state index contributed by atoms with van der Waals surface area (Å²) in [5.41, 5.74) is 5.95. The molecular weight excluding hydrogens is 228 g/mol. The van der Waals surface area contributed by atoms with Gasteiger partial charge in [0, 0.05) is 13.0 Å². The second kappa shape index (κ2) is 5.57. The maximum absolute atomic E-state index is 11.9. The van der Waals surface area contributed by atoms with E-state index >= 15 is 0 Å². The van der Waals surface area contributed by atoms with Crippen molar-refractivity contribution in [2.45, 2.75) is 39.0 Å². The van der Waals surface area contributed by atoms with Gasteiger partial charge in [-0.05, 0) is 36.9 Å². The highest BCUT2D eigenvalue weighted by Gasteiger charge is 2.32. The average Bonchev–Trinajstić information content (AvgIpc) is 3.05. The molecule has 1 aromatic rings. The molecule has 4 heteroatoms. The summed E-state index contributed by atoms with van der Waals surface area (Å²) in [6, 6.07) is 3.58. The van der Waals surface area contributed by atoms with E-state index in [1.807, 2.05) is 13.0 Å². The predicted octanol–water partition coefficient (Wildman–Crippen LogP) is 2.09. The maximum Gasteiger partial charge on any atom is 0.287 e. The number of hydrogen-bond donors (Lipinski definition) is 2. The fourth-order valence-corrected chi connectivity index (χ4v) is 2.62. The number of hydrogen-bond acceptors (Lipinski definition) is 3. The minimum Gasteiger partial charge on any atom is -0.456 e. The Morgan fingerprint density at radius 1 is 1.44 bits per heavy atom. The van der Waals surface area contributed by atoms with Gasteiger partial charge in [0.25, 0.3) is 5.91 Å². The first-order valence-electron chi connectivity index (χ1n) is 6.76. The Morgan fingerprint density at radius 3 is 2.72 bits per heavy atom. The number of carbonyl (C=O) groups is 1. The summed E-state index contributed by atoms with van der Waals surface area (Å²) in [5, 5.41) is 2.96. The summed E-state index contributed by atoms with van der Waals surface area (Å²) in [5.74, 6) is 1.11. The summed E-state index contributed by atoms with van der Waals surface area (Å²) in [4.78, 5) is 11.9. The van der Waals surface area contributed by atoms with Gasteiger partial charge in [-0.15, -0.1) is 0 Å². The monoisotopic (exact) mass is 250 g/mol. The predicted molar refractivity (Wildman–Crippen MR) is 70.4 cm³/mol. The fraction of sp³-hybridized carbons (Fsp3) is 0.643. The van der Waals surface area contributed by atoms with Crippen LogP contribution in [0.1, 0.15) is 48.9 Å². The zero-order valence-electron chi connectivity index (χ0n) is 11.0. The molecular formula is C14H22N2O2. The lowest BCUT2D eigenvalue weighted by Crippen LogP contribution is -2.40. The number of nitrogens with one attached hydrogen (secondary N) is 1. The van der Waals surface area contributed by atoms with Gasteiger partial charge in [0.2, 0.25) is 0 Å². The van der Waals surface area contributed by atoms with E-state index in [4.69, 9.17) is 10.2 Å². The van der Waals surface area contributed by atoms with Crippen molar-refractivity contribution in [3.8, 4) is 0 Å². The van der Waals surface area contributed by atoms with Crippen LogP contribution in [0.5, 0.6) is 0 Å². The van der Waals surface area contributed by atoms with Crippen molar-refractivity contribution in [3.63, 3.8) is 0 Å². The molecule has 0 radical (unpaired) electrons. The lowest BCUT2D eigenvalue weighted by atomic mass is 9.86. The molecule has 0 saturated heterocycles. The second-order valence-corrected chi connectivity index (χ2v) is 5.21. The van der Waals surface area contributed by atoms with Gasteiger partial charge in [-0.25, -0.2) is 0 Å². The van der Waals surface area contributed by atoms with Crippen molar-refractivity contribution in [2.24, 2.45) is 11.1 Å². The average molecular weight is 250 g/mol. The summed E-state index contributed by atoms with van der Waals surface area (Å²) >= 11 is 0. The molecule has 1 saturated carbocycles. The van der Waals surface area contributed by atoms with Gasteiger partial charge < -0.3 is 15.5 Å². The Morgan fingerprint density at radius 2 is 2.17 bits per heavy atom. The Kier molecular flexibility index (Phi) is 4.07. The second-order valence-electron chi connectivity index (χ2n) is 5.21. The molecule has 0 spiro atoms.